The second kappa shape index (κ2) is 7.28. The first-order valence-corrected chi connectivity index (χ1v) is 9.35. The SMILES string of the molecule is Cc1ccc(C)c(Cn2c(C(C)Oc3ccccc3)nc3ccccc32)c1. The third-order valence-electron chi connectivity index (χ3n) is 4.94. The van der Waals surface area contributed by atoms with Crippen LogP contribution in [0.15, 0.2) is 72.8 Å². The van der Waals surface area contributed by atoms with Crippen molar-refractivity contribution < 1.29 is 4.74 Å². The molecule has 3 heteroatoms. The van der Waals surface area contributed by atoms with Gasteiger partial charge in [0, 0.05) is 6.54 Å². The molecular formula is C24H24N2O. The van der Waals surface area contributed by atoms with E-state index in [9.17, 15) is 0 Å². The highest BCUT2D eigenvalue weighted by Crippen LogP contribution is 2.26. The summed E-state index contributed by atoms with van der Waals surface area (Å²) in [5, 5.41) is 0. The van der Waals surface area contributed by atoms with Crippen LogP contribution in [0.2, 0.25) is 0 Å². The summed E-state index contributed by atoms with van der Waals surface area (Å²) in [6.07, 6.45) is -0.148. The van der Waals surface area contributed by atoms with Crippen LogP contribution in [0.1, 0.15) is 35.5 Å². The van der Waals surface area contributed by atoms with Gasteiger partial charge in [-0.25, -0.2) is 4.98 Å². The molecule has 27 heavy (non-hydrogen) atoms. The Kier molecular flexibility index (Phi) is 4.68. The molecule has 0 N–H and O–H groups in total. The van der Waals surface area contributed by atoms with Gasteiger partial charge in [-0.15, -0.1) is 0 Å². The second-order valence-corrected chi connectivity index (χ2v) is 7.05. The first-order valence-electron chi connectivity index (χ1n) is 9.35. The Balaban J connectivity index is 1.76. The van der Waals surface area contributed by atoms with Gasteiger partial charge in [0.25, 0.3) is 0 Å². The average molecular weight is 356 g/mol. The molecule has 4 rings (SSSR count). The third kappa shape index (κ3) is 3.59. The Labute approximate surface area is 160 Å². The summed E-state index contributed by atoms with van der Waals surface area (Å²) < 4.78 is 8.46. The molecular weight excluding hydrogens is 332 g/mol. The van der Waals surface area contributed by atoms with E-state index in [1.165, 1.54) is 16.7 Å². The number of hydrogen-bond acceptors (Lipinski definition) is 2. The smallest absolute Gasteiger partial charge is 0.153 e. The highest BCUT2D eigenvalue weighted by atomic mass is 16.5. The van der Waals surface area contributed by atoms with Crippen molar-refractivity contribution in [2.45, 2.75) is 33.4 Å². The van der Waals surface area contributed by atoms with Gasteiger partial charge in [-0.2, -0.15) is 0 Å². The summed E-state index contributed by atoms with van der Waals surface area (Å²) in [7, 11) is 0. The number of aryl methyl sites for hydroxylation is 2. The quantitative estimate of drug-likeness (QED) is 0.449. The molecule has 0 bridgehead atoms. The molecule has 3 nitrogen and oxygen atoms in total. The van der Waals surface area contributed by atoms with Crippen molar-refractivity contribution >= 4 is 11.0 Å². The van der Waals surface area contributed by atoms with Crippen LogP contribution in [-0.2, 0) is 6.54 Å². The van der Waals surface area contributed by atoms with Gasteiger partial charge in [0.1, 0.15) is 5.75 Å². The molecule has 0 radical (unpaired) electrons. The first-order chi connectivity index (χ1) is 13.1. The van der Waals surface area contributed by atoms with Crippen molar-refractivity contribution in [1.82, 2.24) is 9.55 Å². The van der Waals surface area contributed by atoms with Crippen LogP contribution in [0.5, 0.6) is 5.75 Å². The van der Waals surface area contributed by atoms with Crippen molar-refractivity contribution in [3.63, 3.8) is 0 Å². The van der Waals surface area contributed by atoms with Crippen molar-refractivity contribution in [2.24, 2.45) is 0 Å². The van der Waals surface area contributed by atoms with Crippen molar-refractivity contribution in [3.05, 3.63) is 95.3 Å². The van der Waals surface area contributed by atoms with Crippen LogP contribution in [0.25, 0.3) is 11.0 Å². The Bertz CT molecular complexity index is 1070. The summed E-state index contributed by atoms with van der Waals surface area (Å²) in [4.78, 5) is 4.89. The Morgan fingerprint density at radius 3 is 2.48 bits per heavy atom. The number of imidazole rings is 1. The Morgan fingerprint density at radius 2 is 1.67 bits per heavy atom. The number of nitrogens with zero attached hydrogens (tertiary/aromatic N) is 2. The van der Waals surface area contributed by atoms with E-state index in [1.807, 2.05) is 36.4 Å². The lowest BCUT2D eigenvalue weighted by Crippen LogP contribution is -2.13. The number of para-hydroxylation sites is 3. The van der Waals surface area contributed by atoms with E-state index in [2.05, 4.69) is 61.7 Å². The van der Waals surface area contributed by atoms with Crippen LogP contribution in [0.4, 0.5) is 0 Å². The standard InChI is InChI=1S/C24H24N2O/c1-17-13-14-18(2)20(15-17)16-26-23-12-8-7-11-22(23)25-24(26)19(3)27-21-9-5-4-6-10-21/h4-15,19H,16H2,1-3H3. The molecule has 0 spiro atoms. The number of rotatable bonds is 5. The topological polar surface area (TPSA) is 27.1 Å². The van der Waals surface area contributed by atoms with Crippen molar-refractivity contribution in [2.75, 3.05) is 0 Å². The lowest BCUT2D eigenvalue weighted by Gasteiger charge is -2.18. The fourth-order valence-corrected chi connectivity index (χ4v) is 3.47. The maximum Gasteiger partial charge on any atom is 0.153 e. The third-order valence-corrected chi connectivity index (χ3v) is 4.94. The van der Waals surface area contributed by atoms with Gasteiger partial charge in [-0.3, -0.25) is 0 Å². The minimum absolute atomic E-state index is 0.148. The van der Waals surface area contributed by atoms with E-state index in [0.29, 0.717) is 0 Å². The summed E-state index contributed by atoms with van der Waals surface area (Å²) in [6, 6.07) is 24.8. The van der Waals surface area contributed by atoms with E-state index in [4.69, 9.17) is 9.72 Å². The first kappa shape index (κ1) is 17.3. The molecule has 0 aliphatic rings. The zero-order valence-electron chi connectivity index (χ0n) is 16.0. The molecule has 1 unspecified atom stereocenters. The van der Waals surface area contributed by atoms with Gasteiger partial charge in [0.2, 0.25) is 0 Å². The highest BCUT2D eigenvalue weighted by molar-refractivity contribution is 5.76. The van der Waals surface area contributed by atoms with E-state index < -0.39 is 0 Å². The number of benzene rings is 3. The van der Waals surface area contributed by atoms with E-state index in [1.54, 1.807) is 0 Å². The molecule has 4 aromatic rings. The molecule has 1 atom stereocenters. The number of fused-ring (bicyclic) bond motifs is 1. The monoisotopic (exact) mass is 356 g/mol. The predicted octanol–water partition coefficient (Wildman–Crippen LogP) is 5.84. The average Bonchev–Trinajstić information content (AvgIpc) is 3.04. The summed E-state index contributed by atoms with van der Waals surface area (Å²) in [5.41, 5.74) is 6.01. The molecule has 1 aromatic heterocycles. The molecule has 0 saturated heterocycles. The zero-order valence-corrected chi connectivity index (χ0v) is 16.0. The molecule has 1 heterocycles. The fraction of sp³-hybridized carbons (Fsp3) is 0.208. The van der Waals surface area contributed by atoms with Gasteiger partial charge in [0.05, 0.1) is 11.0 Å². The minimum atomic E-state index is -0.148. The maximum atomic E-state index is 6.18. The zero-order chi connectivity index (χ0) is 18.8. The lowest BCUT2D eigenvalue weighted by atomic mass is 10.1. The van der Waals surface area contributed by atoms with Gasteiger partial charge >= 0.3 is 0 Å². The molecule has 136 valence electrons. The summed E-state index contributed by atoms with van der Waals surface area (Å²) >= 11 is 0. The maximum absolute atomic E-state index is 6.18. The predicted molar refractivity (Wildman–Crippen MR) is 110 cm³/mol. The van der Waals surface area contributed by atoms with Crippen LogP contribution < -0.4 is 4.74 Å². The van der Waals surface area contributed by atoms with Gasteiger partial charge in [-0.1, -0.05) is 54.1 Å². The van der Waals surface area contributed by atoms with Crippen molar-refractivity contribution in [1.29, 1.82) is 0 Å². The van der Waals surface area contributed by atoms with E-state index in [-0.39, 0.29) is 6.10 Å². The molecule has 0 saturated carbocycles. The van der Waals surface area contributed by atoms with Crippen LogP contribution >= 0.6 is 0 Å². The normalized spacial score (nSPS) is 12.3. The van der Waals surface area contributed by atoms with Crippen LogP contribution in [0, 0.1) is 13.8 Å². The number of aromatic nitrogens is 2. The Morgan fingerprint density at radius 1 is 0.926 bits per heavy atom. The van der Waals surface area contributed by atoms with Gasteiger partial charge < -0.3 is 9.30 Å². The van der Waals surface area contributed by atoms with E-state index in [0.717, 1.165) is 29.2 Å². The molecule has 0 fully saturated rings. The molecule has 0 aliphatic heterocycles. The largest absolute Gasteiger partial charge is 0.483 e. The van der Waals surface area contributed by atoms with Gasteiger partial charge in [0.15, 0.2) is 11.9 Å². The Hall–Kier alpha value is -3.07. The van der Waals surface area contributed by atoms with Crippen LogP contribution in [0.3, 0.4) is 0 Å². The lowest BCUT2D eigenvalue weighted by molar-refractivity contribution is 0.212. The minimum Gasteiger partial charge on any atom is -0.483 e. The van der Waals surface area contributed by atoms with Crippen LogP contribution in [-0.4, -0.2) is 9.55 Å². The van der Waals surface area contributed by atoms with E-state index >= 15 is 0 Å². The van der Waals surface area contributed by atoms with Crippen molar-refractivity contribution in [3.8, 4) is 5.75 Å². The van der Waals surface area contributed by atoms with Gasteiger partial charge in [-0.05, 0) is 56.2 Å². The molecule has 0 aliphatic carbocycles. The molecule has 3 aromatic carbocycles. The second-order valence-electron chi connectivity index (χ2n) is 7.05. The number of ether oxygens (including phenoxy) is 1. The fourth-order valence-electron chi connectivity index (χ4n) is 3.47. The molecule has 0 amide bonds. The highest BCUT2D eigenvalue weighted by Gasteiger charge is 2.18. The summed E-state index contributed by atoms with van der Waals surface area (Å²) in [6.45, 7) is 7.15. The number of hydrogen-bond donors (Lipinski definition) is 0. The summed E-state index contributed by atoms with van der Waals surface area (Å²) in [5.74, 6) is 1.80.